The first-order valence-corrected chi connectivity index (χ1v) is 8.91. The van der Waals surface area contributed by atoms with E-state index in [1.165, 1.54) is 5.56 Å². The second-order valence-corrected chi connectivity index (χ2v) is 7.38. The van der Waals surface area contributed by atoms with Gasteiger partial charge in [0.05, 0.1) is 10.6 Å². The van der Waals surface area contributed by atoms with Gasteiger partial charge < -0.3 is 4.42 Å². The number of aromatic nitrogens is 1. The van der Waals surface area contributed by atoms with E-state index in [1.54, 1.807) is 25.1 Å². The topological polar surface area (TPSA) is 60.2 Å². The van der Waals surface area contributed by atoms with E-state index < -0.39 is 9.84 Å². The van der Waals surface area contributed by atoms with Gasteiger partial charge in [0.1, 0.15) is 5.52 Å². The molecule has 0 atom stereocenters. The van der Waals surface area contributed by atoms with Crippen LogP contribution in [0.1, 0.15) is 19.4 Å². The highest BCUT2D eigenvalue weighted by molar-refractivity contribution is 7.91. The number of oxazole rings is 1. The fourth-order valence-corrected chi connectivity index (χ4v) is 3.17. The quantitative estimate of drug-likeness (QED) is 0.733. The molecule has 0 aliphatic heterocycles. The number of nitrogens with zero attached hydrogens (tertiary/aromatic N) is 1. The number of sulfone groups is 1. The van der Waals surface area contributed by atoms with Crippen LogP contribution in [0.2, 0.25) is 0 Å². The minimum Gasteiger partial charge on any atom is -0.436 e. The molecule has 0 unspecified atom stereocenters. The van der Waals surface area contributed by atoms with Crippen LogP contribution in [-0.2, 0) is 16.3 Å². The summed E-state index contributed by atoms with van der Waals surface area (Å²) in [6.45, 7) is 3.73. The number of hydrogen-bond donors (Lipinski definition) is 0. The van der Waals surface area contributed by atoms with Crippen molar-refractivity contribution in [2.75, 3.05) is 5.75 Å². The predicted molar refractivity (Wildman–Crippen MR) is 86.5 cm³/mol. The van der Waals surface area contributed by atoms with Crippen LogP contribution in [0.25, 0.3) is 22.6 Å². The van der Waals surface area contributed by atoms with Crippen LogP contribution in [0.4, 0.5) is 0 Å². The molecule has 0 aliphatic rings. The van der Waals surface area contributed by atoms with Crippen LogP contribution in [-0.4, -0.2) is 19.2 Å². The molecule has 4 nitrogen and oxygen atoms in total. The summed E-state index contributed by atoms with van der Waals surface area (Å²) in [4.78, 5) is 4.70. The van der Waals surface area contributed by atoms with Crippen molar-refractivity contribution in [3.8, 4) is 11.5 Å². The first kappa shape index (κ1) is 14.8. The average Bonchev–Trinajstić information content (AvgIpc) is 2.98. The van der Waals surface area contributed by atoms with Gasteiger partial charge in [0.25, 0.3) is 0 Å². The smallest absolute Gasteiger partial charge is 0.227 e. The molecule has 0 aliphatic carbocycles. The summed E-state index contributed by atoms with van der Waals surface area (Å²) in [5.41, 5.74) is 3.28. The third-order valence-electron chi connectivity index (χ3n) is 3.71. The van der Waals surface area contributed by atoms with E-state index in [9.17, 15) is 8.42 Å². The van der Waals surface area contributed by atoms with Gasteiger partial charge in [-0.05, 0) is 42.3 Å². The fourth-order valence-electron chi connectivity index (χ4n) is 2.27. The van der Waals surface area contributed by atoms with Crippen molar-refractivity contribution in [1.82, 2.24) is 4.98 Å². The van der Waals surface area contributed by atoms with E-state index in [0.29, 0.717) is 17.0 Å². The van der Waals surface area contributed by atoms with Crippen molar-refractivity contribution in [2.45, 2.75) is 25.2 Å². The molecule has 2 aromatic carbocycles. The van der Waals surface area contributed by atoms with E-state index in [0.717, 1.165) is 12.0 Å². The van der Waals surface area contributed by atoms with Gasteiger partial charge in [-0.2, -0.15) is 0 Å². The molecule has 0 amide bonds. The minimum atomic E-state index is -3.24. The first-order chi connectivity index (χ1) is 10.5. The molecule has 5 heteroatoms. The molecule has 0 fully saturated rings. The Kier molecular flexibility index (Phi) is 3.74. The van der Waals surface area contributed by atoms with Crippen molar-refractivity contribution in [3.63, 3.8) is 0 Å². The molecule has 0 saturated carbocycles. The maximum absolute atomic E-state index is 11.9. The van der Waals surface area contributed by atoms with Gasteiger partial charge in [0.2, 0.25) is 5.89 Å². The third kappa shape index (κ3) is 2.64. The predicted octanol–water partition coefficient (Wildman–Crippen LogP) is 3.85. The van der Waals surface area contributed by atoms with Crippen LogP contribution in [0.3, 0.4) is 0 Å². The van der Waals surface area contributed by atoms with Crippen molar-refractivity contribution in [1.29, 1.82) is 0 Å². The van der Waals surface area contributed by atoms with Crippen LogP contribution in [0.15, 0.2) is 51.8 Å². The fraction of sp³-hybridized carbons (Fsp3) is 0.235. The Labute approximate surface area is 129 Å². The van der Waals surface area contributed by atoms with Crippen LogP contribution in [0, 0.1) is 0 Å². The molecule has 0 N–H and O–H groups in total. The summed E-state index contributed by atoms with van der Waals surface area (Å²) < 4.78 is 29.6. The molecule has 1 heterocycles. The van der Waals surface area contributed by atoms with Crippen LogP contribution < -0.4 is 0 Å². The second kappa shape index (κ2) is 5.57. The number of aryl methyl sites for hydroxylation is 1. The first-order valence-electron chi connectivity index (χ1n) is 7.26. The molecule has 22 heavy (non-hydrogen) atoms. The molecule has 0 radical (unpaired) electrons. The highest BCUT2D eigenvalue weighted by Gasteiger charge is 2.15. The highest BCUT2D eigenvalue weighted by Crippen LogP contribution is 2.26. The van der Waals surface area contributed by atoms with Crippen molar-refractivity contribution >= 4 is 20.9 Å². The lowest BCUT2D eigenvalue weighted by molar-refractivity contribution is 0.597. The lowest BCUT2D eigenvalue weighted by atomic mass is 10.1. The number of hydrogen-bond acceptors (Lipinski definition) is 4. The second-order valence-electron chi connectivity index (χ2n) is 5.10. The highest BCUT2D eigenvalue weighted by atomic mass is 32.2. The zero-order valence-corrected chi connectivity index (χ0v) is 13.4. The molecular weight excluding hydrogens is 298 g/mol. The Morgan fingerprint density at radius 3 is 2.41 bits per heavy atom. The van der Waals surface area contributed by atoms with Gasteiger partial charge in [-0.15, -0.1) is 0 Å². The summed E-state index contributed by atoms with van der Waals surface area (Å²) in [5, 5.41) is 0. The standard InChI is InChI=1S/C17H17NO3S/c1-3-12-5-7-13(8-6-12)17-18-15-11-14(22(19,20)4-2)9-10-16(15)21-17/h5-11H,3-4H2,1-2H3. The summed E-state index contributed by atoms with van der Waals surface area (Å²) in [6.07, 6.45) is 0.978. The van der Waals surface area contributed by atoms with Gasteiger partial charge in [-0.3, -0.25) is 0 Å². The lowest BCUT2D eigenvalue weighted by Gasteiger charge is -1.99. The van der Waals surface area contributed by atoms with Crippen LogP contribution in [0.5, 0.6) is 0 Å². The Morgan fingerprint density at radius 1 is 1.05 bits per heavy atom. The monoisotopic (exact) mass is 315 g/mol. The van der Waals surface area contributed by atoms with Gasteiger partial charge in [-0.1, -0.05) is 26.0 Å². The summed E-state index contributed by atoms with van der Waals surface area (Å²) in [7, 11) is -3.24. The maximum atomic E-state index is 11.9. The molecule has 0 spiro atoms. The lowest BCUT2D eigenvalue weighted by Crippen LogP contribution is -2.03. The van der Waals surface area contributed by atoms with Gasteiger partial charge in [0.15, 0.2) is 15.4 Å². The zero-order chi connectivity index (χ0) is 15.7. The SMILES string of the molecule is CCc1ccc(-c2nc3cc(S(=O)(=O)CC)ccc3o2)cc1. The molecule has 0 bridgehead atoms. The summed E-state index contributed by atoms with van der Waals surface area (Å²) in [5.74, 6) is 0.575. The minimum absolute atomic E-state index is 0.0711. The van der Waals surface area contributed by atoms with Gasteiger partial charge in [0, 0.05) is 5.56 Å². The molecule has 114 valence electrons. The molecule has 3 aromatic rings. The van der Waals surface area contributed by atoms with Gasteiger partial charge >= 0.3 is 0 Å². The molecule has 1 aromatic heterocycles. The van der Waals surface area contributed by atoms with Crippen molar-refractivity contribution < 1.29 is 12.8 Å². The summed E-state index contributed by atoms with van der Waals surface area (Å²) in [6, 6.07) is 12.8. The van der Waals surface area contributed by atoms with Gasteiger partial charge in [-0.25, -0.2) is 13.4 Å². The molecular formula is C17H17NO3S. The van der Waals surface area contributed by atoms with E-state index >= 15 is 0 Å². The van der Waals surface area contributed by atoms with Crippen LogP contribution >= 0.6 is 0 Å². The molecule has 3 rings (SSSR count). The number of rotatable bonds is 4. The third-order valence-corrected chi connectivity index (χ3v) is 5.44. The average molecular weight is 315 g/mol. The number of fused-ring (bicyclic) bond motifs is 1. The number of benzene rings is 2. The van der Waals surface area contributed by atoms with E-state index in [4.69, 9.17) is 4.42 Å². The largest absolute Gasteiger partial charge is 0.436 e. The summed E-state index contributed by atoms with van der Waals surface area (Å²) >= 11 is 0. The van der Waals surface area contributed by atoms with E-state index in [2.05, 4.69) is 11.9 Å². The Bertz CT molecular complexity index is 909. The zero-order valence-electron chi connectivity index (χ0n) is 12.5. The van der Waals surface area contributed by atoms with Crippen molar-refractivity contribution in [3.05, 3.63) is 48.0 Å². The maximum Gasteiger partial charge on any atom is 0.227 e. The van der Waals surface area contributed by atoms with E-state index in [-0.39, 0.29) is 10.6 Å². The Hall–Kier alpha value is -2.14. The Morgan fingerprint density at radius 2 is 1.77 bits per heavy atom. The van der Waals surface area contributed by atoms with E-state index in [1.807, 2.05) is 24.3 Å². The van der Waals surface area contributed by atoms with Crippen molar-refractivity contribution in [2.24, 2.45) is 0 Å². The Balaban J connectivity index is 2.05. The molecule has 0 saturated heterocycles. The normalized spacial score (nSPS) is 11.9.